The molecule has 0 spiro atoms. The van der Waals surface area contributed by atoms with Crippen LogP contribution in [0.25, 0.3) is 5.95 Å². The number of methoxy groups -OCH3 is 1. The maximum atomic E-state index is 13.8. The topological polar surface area (TPSA) is 103 Å². The number of hydrogen-bond acceptors (Lipinski definition) is 7. The van der Waals surface area contributed by atoms with Crippen LogP contribution in [0.4, 0.5) is 23.4 Å². The van der Waals surface area contributed by atoms with Crippen LogP contribution in [0.1, 0.15) is 27.3 Å². The van der Waals surface area contributed by atoms with Crippen LogP contribution >= 0.6 is 0 Å². The Kier molecular flexibility index (Phi) is 6.49. The van der Waals surface area contributed by atoms with Crippen LogP contribution in [0.5, 0.6) is 0 Å². The maximum Gasteiger partial charge on any atom is 0.329 e. The number of anilines is 1. The number of hydrogen-bond donors (Lipinski definition) is 1. The molecule has 0 aromatic carbocycles. The first kappa shape index (κ1) is 24.6. The van der Waals surface area contributed by atoms with Crippen LogP contribution in [-0.4, -0.2) is 73.9 Å². The zero-order valence-electron chi connectivity index (χ0n) is 19.3. The van der Waals surface area contributed by atoms with Crippen LogP contribution in [0.3, 0.4) is 0 Å². The van der Waals surface area contributed by atoms with E-state index in [0.717, 1.165) is 10.6 Å². The minimum absolute atomic E-state index is 0.0408. The fourth-order valence-electron chi connectivity index (χ4n) is 3.76. The van der Waals surface area contributed by atoms with Crippen molar-refractivity contribution >= 4 is 11.7 Å². The lowest BCUT2D eigenvalue weighted by atomic mass is 10.2. The second-order valence-electron chi connectivity index (χ2n) is 8.28. The number of alkyl halides is 4. The van der Waals surface area contributed by atoms with E-state index in [2.05, 4.69) is 25.4 Å². The van der Waals surface area contributed by atoms with Crippen molar-refractivity contribution in [2.75, 3.05) is 31.7 Å². The molecule has 1 aliphatic rings. The van der Waals surface area contributed by atoms with Crippen molar-refractivity contribution in [2.45, 2.75) is 31.7 Å². The number of ether oxygens (including phenoxy) is 1. The molecule has 1 saturated heterocycles. The number of rotatable bonds is 8. The van der Waals surface area contributed by atoms with Crippen LogP contribution in [0, 0.1) is 6.92 Å². The smallest absolute Gasteiger partial charge is 0.329 e. The summed E-state index contributed by atoms with van der Waals surface area (Å²) in [5.74, 6) is -8.87. The Morgan fingerprint density at radius 1 is 1.17 bits per heavy atom. The standard InChI is InChI=1S/C21H24F4N8O2/c1-13-6-28-19(30-17(13)32-10-20(22,23)21(24,25)11-32)33-16(4-5-35-3)15(9-29-33)18(34)27-8-14-7-26-12-31(14)2/h6-7,9,12H,4-5,8,10-11H2,1-3H3,(H,27,34). The molecule has 0 aliphatic carbocycles. The third kappa shape index (κ3) is 4.70. The molecule has 0 unspecified atom stereocenters. The number of carbonyl (C=O) groups is 1. The Morgan fingerprint density at radius 2 is 1.89 bits per heavy atom. The number of aromatic nitrogens is 6. The summed E-state index contributed by atoms with van der Waals surface area (Å²) in [6, 6.07) is 0. The molecule has 35 heavy (non-hydrogen) atoms. The quantitative estimate of drug-likeness (QED) is 0.476. The Morgan fingerprint density at radius 3 is 2.51 bits per heavy atom. The maximum absolute atomic E-state index is 13.8. The highest BCUT2D eigenvalue weighted by atomic mass is 19.3. The van der Waals surface area contributed by atoms with Gasteiger partial charge in [-0.05, 0) is 6.92 Å². The first-order valence-electron chi connectivity index (χ1n) is 10.7. The van der Waals surface area contributed by atoms with Crippen LogP contribution in [-0.2, 0) is 24.8 Å². The average Bonchev–Trinajstić information content (AvgIpc) is 3.46. The van der Waals surface area contributed by atoms with Gasteiger partial charge in [0.1, 0.15) is 5.82 Å². The van der Waals surface area contributed by atoms with Gasteiger partial charge in [-0.1, -0.05) is 0 Å². The summed E-state index contributed by atoms with van der Waals surface area (Å²) in [5.41, 5.74) is 1.80. The Balaban J connectivity index is 1.64. The van der Waals surface area contributed by atoms with Crippen molar-refractivity contribution in [3.63, 3.8) is 0 Å². The summed E-state index contributed by atoms with van der Waals surface area (Å²) in [7, 11) is 3.30. The number of amides is 1. The summed E-state index contributed by atoms with van der Waals surface area (Å²) in [6.07, 6.45) is 6.18. The van der Waals surface area contributed by atoms with E-state index in [1.54, 1.807) is 31.1 Å². The van der Waals surface area contributed by atoms with Crippen molar-refractivity contribution < 1.29 is 27.1 Å². The normalized spacial score (nSPS) is 16.6. The van der Waals surface area contributed by atoms with Gasteiger partial charge < -0.3 is 19.5 Å². The van der Waals surface area contributed by atoms with E-state index in [4.69, 9.17) is 4.74 Å². The predicted molar refractivity (Wildman–Crippen MR) is 116 cm³/mol. The van der Waals surface area contributed by atoms with Gasteiger partial charge in [0, 0.05) is 38.5 Å². The molecule has 188 valence electrons. The number of nitrogens with zero attached hydrogens (tertiary/aromatic N) is 7. The Bertz CT molecular complexity index is 1210. The van der Waals surface area contributed by atoms with Crippen LogP contribution in [0.2, 0.25) is 0 Å². The molecule has 1 N–H and O–H groups in total. The van der Waals surface area contributed by atoms with Gasteiger partial charge in [0.05, 0.1) is 55.7 Å². The second kappa shape index (κ2) is 9.24. The van der Waals surface area contributed by atoms with Gasteiger partial charge in [0.2, 0.25) is 0 Å². The van der Waals surface area contributed by atoms with Crippen molar-refractivity contribution in [1.29, 1.82) is 0 Å². The minimum atomic E-state index is -4.18. The van der Waals surface area contributed by atoms with Crippen molar-refractivity contribution in [3.8, 4) is 5.95 Å². The van der Waals surface area contributed by atoms with Gasteiger partial charge in [0.15, 0.2) is 0 Å². The summed E-state index contributed by atoms with van der Waals surface area (Å²) in [5, 5.41) is 7.02. The van der Waals surface area contributed by atoms with Crippen LogP contribution in [0.15, 0.2) is 24.9 Å². The van der Waals surface area contributed by atoms with Gasteiger partial charge in [-0.25, -0.2) is 14.6 Å². The van der Waals surface area contributed by atoms with Gasteiger partial charge >= 0.3 is 11.8 Å². The molecule has 0 bridgehead atoms. The molecule has 14 heteroatoms. The third-order valence-electron chi connectivity index (χ3n) is 5.74. The molecule has 4 heterocycles. The highest BCUT2D eigenvalue weighted by Gasteiger charge is 2.63. The summed E-state index contributed by atoms with van der Waals surface area (Å²) >= 11 is 0. The lowest BCUT2D eigenvalue weighted by Crippen LogP contribution is -2.38. The number of nitrogens with one attached hydrogen (secondary N) is 1. The lowest BCUT2D eigenvalue weighted by molar-refractivity contribution is -0.172. The highest BCUT2D eigenvalue weighted by Crippen LogP contribution is 2.42. The van der Waals surface area contributed by atoms with Crippen molar-refractivity contribution in [1.82, 2.24) is 34.6 Å². The molecule has 4 rings (SSSR count). The second-order valence-corrected chi connectivity index (χ2v) is 8.28. The number of aryl methyl sites for hydroxylation is 2. The number of carbonyl (C=O) groups excluding carboxylic acids is 1. The average molecular weight is 496 g/mol. The molecule has 1 amide bonds. The predicted octanol–water partition coefficient (Wildman–Crippen LogP) is 1.91. The van der Waals surface area contributed by atoms with Crippen molar-refractivity contribution in [2.24, 2.45) is 7.05 Å². The number of imidazole rings is 1. The molecule has 1 fully saturated rings. The van der Waals surface area contributed by atoms with Crippen molar-refractivity contribution in [3.05, 3.63) is 47.4 Å². The highest BCUT2D eigenvalue weighted by molar-refractivity contribution is 5.95. The largest absolute Gasteiger partial charge is 0.384 e. The van der Waals surface area contributed by atoms with E-state index in [9.17, 15) is 22.4 Å². The summed E-state index contributed by atoms with van der Waals surface area (Å²) in [4.78, 5) is 26.2. The van der Waals surface area contributed by atoms with E-state index in [0.29, 0.717) is 11.3 Å². The van der Waals surface area contributed by atoms with Gasteiger partial charge in [-0.15, -0.1) is 0 Å². The molecule has 10 nitrogen and oxygen atoms in total. The number of halogens is 4. The van der Waals surface area contributed by atoms with Gasteiger partial charge in [0.25, 0.3) is 11.9 Å². The Labute approximate surface area is 197 Å². The molecule has 3 aromatic rings. The minimum Gasteiger partial charge on any atom is -0.384 e. The molecule has 0 atom stereocenters. The lowest BCUT2D eigenvalue weighted by Gasteiger charge is -2.19. The molecule has 0 saturated carbocycles. The molecular weight excluding hydrogens is 472 g/mol. The van der Waals surface area contributed by atoms with E-state index in [1.807, 2.05) is 0 Å². The SMILES string of the molecule is COCCc1c(C(=O)NCc2cncn2C)cnn1-c1ncc(C)c(N2CC(F)(F)C(F)(F)C2)n1. The Hall–Kier alpha value is -3.55. The molecule has 0 radical (unpaired) electrons. The molecular formula is C21H24F4N8O2. The van der Waals surface area contributed by atoms with E-state index >= 15 is 0 Å². The van der Waals surface area contributed by atoms with Gasteiger partial charge in [-0.2, -0.15) is 27.6 Å². The zero-order chi connectivity index (χ0) is 25.4. The van der Waals surface area contributed by atoms with Gasteiger partial charge in [-0.3, -0.25) is 4.79 Å². The first-order chi connectivity index (χ1) is 16.5. The monoisotopic (exact) mass is 496 g/mol. The van der Waals surface area contributed by atoms with E-state index < -0.39 is 30.8 Å². The summed E-state index contributed by atoms with van der Waals surface area (Å²) < 4.78 is 63.4. The summed E-state index contributed by atoms with van der Waals surface area (Å²) in [6.45, 7) is -0.326. The fourth-order valence-corrected chi connectivity index (χ4v) is 3.76. The van der Waals surface area contributed by atoms with Crippen LogP contribution < -0.4 is 10.2 Å². The third-order valence-corrected chi connectivity index (χ3v) is 5.74. The first-order valence-corrected chi connectivity index (χ1v) is 10.7. The fraction of sp³-hybridized carbons (Fsp3) is 0.476. The van der Waals surface area contributed by atoms with E-state index in [1.165, 1.54) is 24.2 Å². The molecule has 3 aromatic heterocycles. The van der Waals surface area contributed by atoms with E-state index in [-0.39, 0.29) is 36.9 Å². The molecule has 1 aliphatic heterocycles. The zero-order valence-corrected chi connectivity index (χ0v) is 19.3.